The predicted octanol–water partition coefficient (Wildman–Crippen LogP) is 2.67. The molecule has 0 radical (unpaired) electrons. The summed E-state index contributed by atoms with van der Waals surface area (Å²) in [5, 5.41) is 3.42. The molecule has 3 nitrogen and oxygen atoms in total. The fourth-order valence-corrected chi connectivity index (χ4v) is 1.66. The molecule has 0 bridgehead atoms. The second-order valence-corrected chi connectivity index (χ2v) is 3.69. The second kappa shape index (κ2) is 6.64. The SMILES string of the molecule is CCNC(CCCOC)c1ccc(C)o1. The molecule has 0 fully saturated rings. The van der Waals surface area contributed by atoms with Gasteiger partial charge in [-0.1, -0.05) is 6.92 Å². The summed E-state index contributed by atoms with van der Waals surface area (Å²) in [6, 6.07) is 4.38. The summed E-state index contributed by atoms with van der Waals surface area (Å²) in [7, 11) is 1.74. The highest BCUT2D eigenvalue weighted by atomic mass is 16.5. The molecule has 3 heteroatoms. The predicted molar refractivity (Wildman–Crippen MR) is 61.0 cm³/mol. The molecule has 0 aliphatic carbocycles. The van der Waals surface area contributed by atoms with Crippen molar-refractivity contribution in [3.05, 3.63) is 23.7 Å². The van der Waals surface area contributed by atoms with Crippen molar-refractivity contribution in [2.75, 3.05) is 20.3 Å². The van der Waals surface area contributed by atoms with Gasteiger partial charge in [0.1, 0.15) is 11.5 Å². The monoisotopic (exact) mass is 211 g/mol. The lowest BCUT2D eigenvalue weighted by Gasteiger charge is -2.15. The quantitative estimate of drug-likeness (QED) is 0.704. The minimum atomic E-state index is 0.318. The number of rotatable bonds is 7. The number of aryl methyl sites for hydroxylation is 1. The van der Waals surface area contributed by atoms with E-state index in [0.717, 1.165) is 37.5 Å². The molecule has 0 saturated heterocycles. The Bertz CT molecular complexity index is 270. The molecule has 0 aliphatic heterocycles. The summed E-state index contributed by atoms with van der Waals surface area (Å²) >= 11 is 0. The summed E-state index contributed by atoms with van der Waals surface area (Å²) in [6.07, 6.45) is 2.10. The van der Waals surface area contributed by atoms with E-state index in [1.807, 2.05) is 13.0 Å². The van der Waals surface area contributed by atoms with Crippen LogP contribution in [0.5, 0.6) is 0 Å². The molecule has 1 atom stereocenters. The van der Waals surface area contributed by atoms with E-state index in [2.05, 4.69) is 18.3 Å². The van der Waals surface area contributed by atoms with Gasteiger partial charge in [0, 0.05) is 13.7 Å². The van der Waals surface area contributed by atoms with Crippen LogP contribution < -0.4 is 5.32 Å². The van der Waals surface area contributed by atoms with E-state index in [-0.39, 0.29) is 0 Å². The standard InChI is InChI=1S/C12H21NO2/c1-4-13-11(6-5-9-14-3)12-8-7-10(2)15-12/h7-8,11,13H,4-6,9H2,1-3H3. The van der Waals surface area contributed by atoms with Crippen LogP contribution in [0.25, 0.3) is 0 Å². The van der Waals surface area contributed by atoms with Crippen molar-refractivity contribution in [1.29, 1.82) is 0 Å². The Balaban J connectivity index is 2.49. The Labute approximate surface area is 91.8 Å². The largest absolute Gasteiger partial charge is 0.465 e. The van der Waals surface area contributed by atoms with Gasteiger partial charge in [-0.05, 0) is 38.4 Å². The molecule has 1 aromatic heterocycles. The topological polar surface area (TPSA) is 34.4 Å². The van der Waals surface area contributed by atoms with Crippen LogP contribution in [0.15, 0.2) is 16.5 Å². The highest BCUT2D eigenvalue weighted by Crippen LogP contribution is 2.20. The maximum atomic E-state index is 5.63. The lowest BCUT2D eigenvalue weighted by Crippen LogP contribution is -2.20. The highest BCUT2D eigenvalue weighted by molar-refractivity contribution is 5.09. The zero-order valence-corrected chi connectivity index (χ0v) is 9.88. The van der Waals surface area contributed by atoms with E-state index in [9.17, 15) is 0 Å². The number of nitrogens with one attached hydrogen (secondary N) is 1. The van der Waals surface area contributed by atoms with E-state index in [4.69, 9.17) is 9.15 Å². The van der Waals surface area contributed by atoms with Crippen LogP contribution in [0.3, 0.4) is 0 Å². The summed E-state index contributed by atoms with van der Waals surface area (Å²) in [5.41, 5.74) is 0. The van der Waals surface area contributed by atoms with E-state index < -0.39 is 0 Å². The number of hydrogen-bond acceptors (Lipinski definition) is 3. The fourth-order valence-electron chi connectivity index (χ4n) is 1.66. The van der Waals surface area contributed by atoms with Gasteiger partial charge in [-0.25, -0.2) is 0 Å². The highest BCUT2D eigenvalue weighted by Gasteiger charge is 2.13. The number of furan rings is 1. The van der Waals surface area contributed by atoms with Crippen molar-refractivity contribution < 1.29 is 9.15 Å². The molecule has 1 aromatic rings. The minimum Gasteiger partial charge on any atom is -0.465 e. The Hall–Kier alpha value is -0.800. The summed E-state index contributed by atoms with van der Waals surface area (Å²) in [6.45, 7) is 5.85. The summed E-state index contributed by atoms with van der Waals surface area (Å²) in [4.78, 5) is 0. The molecule has 1 N–H and O–H groups in total. The average molecular weight is 211 g/mol. The van der Waals surface area contributed by atoms with Gasteiger partial charge in [0.2, 0.25) is 0 Å². The Kier molecular flexibility index (Phi) is 5.43. The molecule has 0 spiro atoms. The average Bonchev–Trinajstić information content (AvgIpc) is 2.64. The first-order valence-electron chi connectivity index (χ1n) is 5.56. The summed E-state index contributed by atoms with van der Waals surface area (Å²) in [5.74, 6) is 2.00. The van der Waals surface area contributed by atoms with Crippen LogP contribution in [-0.2, 0) is 4.74 Å². The van der Waals surface area contributed by atoms with Gasteiger partial charge in [-0.15, -0.1) is 0 Å². The lowest BCUT2D eigenvalue weighted by molar-refractivity contribution is 0.187. The fraction of sp³-hybridized carbons (Fsp3) is 0.667. The first kappa shape index (κ1) is 12.3. The van der Waals surface area contributed by atoms with Crippen molar-refractivity contribution in [2.24, 2.45) is 0 Å². The maximum Gasteiger partial charge on any atom is 0.121 e. The maximum absolute atomic E-state index is 5.63. The van der Waals surface area contributed by atoms with Gasteiger partial charge >= 0.3 is 0 Å². The van der Waals surface area contributed by atoms with Gasteiger partial charge in [0.25, 0.3) is 0 Å². The minimum absolute atomic E-state index is 0.318. The van der Waals surface area contributed by atoms with Gasteiger partial charge < -0.3 is 14.5 Å². The van der Waals surface area contributed by atoms with Crippen LogP contribution in [-0.4, -0.2) is 20.3 Å². The van der Waals surface area contributed by atoms with Gasteiger partial charge in [-0.2, -0.15) is 0 Å². The molecule has 0 aromatic carbocycles. The molecule has 0 amide bonds. The van der Waals surface area contributed by atoms with Crippen molar-refractivity contribution in [3.63, 3.8) is 0 Å². The molecule has 86 valence electrons. The lowest BCUT2D eigenvalue weighted by atomic mass is 10.1. The molecule has 1 rings (SSSR count). The van der Waals surface area contributed by atoms with E-state index in [1.54, 1.807) is 7.11 Å². The van der Waals surface area contributed by atoms with Crippen molar-refractivity contribution in [2.45, 2.75) is 32.7 Å². The van der Waals surface area contributed by atoms with Gasteiger partial charge in [0.05, 0.1) is 6.04 Å². The zero-order valence-electron chi connectivity index (χ0n) is 9.88. The Morgan fingerprint density at radius 2 is 2.27 bits per heavy atom. The first-order valence-corrected chi connectivity index (χ1v) is 5.56. The summed E-state index contributed by atoms with van der Waals surface area (Å²) < 4.78 is 10.7. The molecule has 0 aliphatic rings. The van der Waals surface area contributed by atoms with Crippen molar-refractivity contribution >= 4 is 0 Å². The third kappa shape index (κ3) is 4.06. The van der Waals surface area contributed by atoms with E-state index in [0.29, 0.717) is 6.04 Å². The Morgan fingerprint density at radius 3 is 2.80 bits per heavy atom. The van der Waals surface area contributed by atoms with Gasteiger partial charge in [0.15, 0.2) is 0 Å². The molecular weight excluding hydrogens is 190 g/mol. The second-order valence-electron chi connectivity index (χ2n) is 3.69. The van der Waals surface area contributed by atoms with Crippen LogP contribution in [0, 0.1) is 6.92 Å². The van der Waals surface area contributed by atoms with Crippen molar-refractivity contribution in [1.82, 2.24) is 5.32 Å². The normalized spacial score (nSPS) is 13.0. The van der Waals surface area contributed by atoms with Crippen LogP contribution in [0.4, 0.5) is 0 Å². The van der Waals surface area contributed by atoms with E-state index >= 15 is 0 Å². The van der Waals surface area contributed by atoms with E-state index in [1.165, 1.54) is 0 Å². The smallest absolute Gasteiger partial charge is 0.121 e. The zero-order chi connectivity index (χ0) is 11.1. The first-order chi connectivity index (χ1) is 7.27. The molecule has 1 heterocycles. The van der Waals surface area contributed by atoms with Crippen LogP contribution in [0.1, 0.15) is 37.3 Å². The number of ether oxygens (including phenoxy) is 1. The molecule has 1 unspecified atom stereocenters. The molecular formula is C12H21NO2. The molecule has 15 heavy (non-hydrogen) atoms. The third-order valence-corrected chi connectivity index (χ3v) is 2.40. The number of methoxy groups -OCH3 is 1. The van der Waals surface area contributed by atoms with Crippen molar-refractivity contribution in [3.8, 4) is 0 Å². The number of hydrogen-bond donors (Lipinski definition) is 1. The van der Waals surface area contributed by atoms with Gasteiger partial charge in [-0.3, -0.25) is 0 Å². The third-order valence-electron chi connectivity index (χ3n) is 2.40. The van der Waals surface area contributed by atoms with Crippen LogP contribution >= 0.6 is 0 Å². The van der Waals surface area contributed by atoms with Crippen LogP contribution in [0.2, 0.25) is 0 Å². The Morgan fingerprint density at radius 1 is 1.47 bits per heavy atom. The molecule has 0 saturated carbocycles.